The summed E-state index contributed by atoms with van der Waals surface area (Å²) >= 11 is 0. The largest absolute Gasteiger partial charge is 0.508 e. The fraction of sp³-hybridized carbons (Fsp3) is 0.0952. The first-order valence-corrected chi connectivity index (χ1v) is 8.18. The van der Waals surface area contributed by atoms with Crippen molar-refractivity contribution in [1.29, 1.82) is 0 Å². The number of para-hydroxylation sites is 1. The van der Waals surface area contributed by atoms with Crippen molar-refractivity contribution in [3.63, 3.8) is 0 Å². The summed E-state index contributed by atoms with van der Waals surface area (Å²) in [6.45, 7) is 2.02. The van der Waals surface area contributed by atoms with Gasteiger partial charge in [-0.15, -0.1) is 0 Å². The number of hydrogen-bond acceptors (Lipinski definition) is 3. The number of fused-ring (bicyclic) bond motifs is 1. The highest BCUT2D eigenvalue weighted by atomic mass is 16.3. The lowest BCUT2D eigenvalue weighted by Gasteiger charge is -2.38. The molecular formula is C21H18N2O2. The summed E-state index contributed by atoms with van der Waals surface area (Å²) in [5, 5.41) is 13.0. The predicted octanol–water partition coefficient (Wildman–Crippen LogP) is 4.47. The second-order valence-electron chi connectivity index (χ2n) is 6.19. The van der Waals surface area contributed by atoms with Crippen LogP contribution in [0.2, 0.25) is 0 Å². The van der Waals surface area contributed by atoms with Crippen LogP contribution in [0.25, 0.3) is 0 Å². The molecule has 1 heterocycles. The van der Waals surface area contributed by atoms with Gasteiger partial charge in [-0.05, 0) is 48.9 Å². The number of hydrogen-bond donors (Lipinski definition) is 2. The van der Waals surface area contributed by atoms with E-state index in [-0.39, 0.29) is 17.8 Å². The highest BCUT2D eigenvalue weighted by molar-refractivity contribution is 6.12. The van der Waals surface area contributed by atoms with E-state index in [0.29, 0.717) is 5.56 Å². The van der Waals surface area contributed by atoms with Crippen molar-refractivity contribution < 1.29 is 9.90 Å². The molecule has 0 spiro atoms. The molecule has 4 nitrogen and oxygen atoms in total. The zero-order valence-electron chi connectivity index (χ0n) is 13.8. The van der Waals surface area contributed by atoms with E-state index in [2.05, 4.69) is 5.32 Å². The molecule has 0 aliphatic carbocycles. The first kappa shape index (κ1) is 15.3. The fourth-order valence-corrected chi connectivity index (χ4v) is 3.12. The van der Waals surface area contributed by atoms with Gasteiger partial charge >= 0.3 is 0 Å². The number of phenolic OH excluding ortho intramolecular Hbond substituents is 1. The number of carbonyl (C=O) groups excluding carboxylic acids is 1. The molecule has 124 valence electrons. The van der Waals surface area contributed by atoms with Crippen LogP contribution in [-0.4, -0.2) is 11.0 Å². The normalized spacial score (nSPS) is 16.3. The minimum Gasteiger partial charge on any atom is -0.508 e. The van der Waals surface area contributed by atoms with Crippen LogP contribution in [0.15, 0.2) is 72.8 Å². The van der Waals surface area contributed by atoms with Crippen molar-refractivity contribution in [3.8, 4) is 5.75 Å². The van der Waals surface area contributed by atoms with Crippen LogP contribution >= 0.6 is 0 Å². The van der Waals surface area contributed by atoms with E-state index >= 15 is 0 Å². The average molecular weight is 330 g/mol. The molecule has 25 heavy (non-hydrogen) atoms. The summed E-state index contributed by atoms with van der Waals surface area (Å²) in [6, 6.07) is 22.4. The number of carbonyl (C=O) groups is 1. The molecule has 0 radical (unpaired) electrons. The average Bonchev–Trinajstić information content (AvgIpc) is 2.63. The Kier molecular flexibility index (Phi) is 3.65. The van der Waals surface area contributed by atoms with Gasteiger partial charge < -0.3 is 10.4 Å². The number of phenols is 1. The lowest BCUT2D eigenvalue weighted by atomic mass is 10.0. The standard InChI is InChI=1S/C21H18N2O2/c1-14-6-10-16(11-7-14)23-20(15-8-12-17(24)13-9-15)22-19-5-3-2-4-18(19)21(23)25/h2-13,20,22,24H,1H3. The van der Waals surface area contributed by atoms with Crippen molar-refractivity contribution in [3.05, 3.63) is 89.5 Å². The van der Waals surface area contributed by atoms with E-state index in [4.69, 9.17) is 0 Å². The number of rotatable bonds is 2. The Labute approximate surface area is 146 Å². The van der Waals surface area contributed by atoms with Gasteiger partial charge in [0.1, 0.15) is 11.9 Å². The molecule has 0 aromatic heterocycles. The highest BCUT2D eigenvalue weighted by Crippen LogP contribution is 2.36. The molecule has 1 unspecified atom stereocenters. The van der Waals surface area contributed by atoms with Gasteiger partial charge in [0.2, 0.25) is 0 Å². The molecule has 1 aliphatic heterocycles. The van der Waals surface area contributed by atoms with Gasteiger partial charge in [0.05, 0.1) is 5.56 Å². The molecule has 0 saturated carbocycles. The maximum atomic E-state index is 13.2. The molecular weight excluding hydrogens is 312 g/mol. The van der Waals surface area contributed by atoms with Gasteiger partial charge in [0.25, 0.3) is 5.91 Å². The fourth-order valence-electron chi connectivity index (χ4n) is 3.12. The lowest BCUT2D eigenvalue weighted by molar-refractivity contribution is 0.0975. The van der Waals surface area contributed by atoms with Gasteiger partial charge in [0.15, 0.2) is 0 Å². The Bertz CT molecular complexity index is 917. The number of aromatic hydroxyl groups is 1. The molecule has 0 saturated heterocycles. The molecule has 3 aromatic carbocycles. The molecule has 4 rings (SSSR count). The minimum absolute atomic E-state index is 0.0451. The summed E-state index contributed by atoms with van der Waals surface area (Å²) in [5.41, 5.74) is 4.34. The van der Waals surface area contributed by atoms with Crippen molar-refractivity contribution in [2.45, 2.75) is 13.1 Å². The Morgan fingerprint density at radius 1 is 0.920 bits per heavy atom. The van der Waals surface area contributed by atoms with Crippen molar-refractivity contribution in [1.82, 2.24) is 0 Å². The third-order valence-corrected chi connectivity index (χ3v) is 4.45. The van der Waals surface area contributed by atoms with Crippen molar-refractivity contribution in [2.75, 3.05) is 10.2 Å². The van der Waals surface area contributed by atoms with Crippen LogP contribution in [0.1, 0.15) is 27.7 Å². The molecule has 0 bridgehead atoms. The number of nitrogens with one attached hydrogen (secondary N) is 1. The Morgan fingerprint density at radius 3 is 2.32 bits per heavy atom. The molecule has 1 aliphatic rings. The molecule has 0 fully saturated rings. The maximum absolute atomic E-state index is 13.2. The quantitative estimate of drug-likeness (QED) is 0.729. The summed E-state index contributed by atoms with van der Waals surface area (Å²) in [4.78, 5) is 14.9. The van der Waals surface area contributed by atoms with Crippen molar-refractivity contribution in [2.24, 2.45) is 0 Å². The minimum atomic E-state index is -0.342. The SMILES string of the molecule is Cc1ccc(N2C(=O)c3ccccc3NC2c2ccc(O)cc2)cc1. The van der Waals surface area contributed by atoms with Crippen LogP contribution in [0.3, 0.4) is 0 Å². The summed E-state index contributed by atoms with van der Waals surface area (Å²) in [7, 11) is 0. The van der Waals surface area contributed by atoms with Gasteiger partial charge in [-0.3, -0.25) is 9.69 Å². The Balaban J connectivity index is 1.85. The molecule has 1 amide bonds. The zero-order valence-corrected chi connectivity index (χ0v) is 13.8. The maximum Gasteiger partial charge on any atom is 0.262 e. The van der Waals surface area contributed by atoms with Gasteiger partial charge in [0, 0.05) is 11.4 Å². The third kappa shape index (κ3) is 2.72. The molecule has 1 atom stereocenters. The number of anilines is 2. The molecule has 2 N–H and O–H groups in total. The number of benzene rings is 3. The first-order chi connectivity index (χ1) is 12.1. The topological polar surface area (TPSA) is 52.6 Å². The smallest absolute Gasteiger partial charge is 0.262 e. The number of nitrogens with zero attached hydrogens (tertiary/aromatic N) is 1. The van der Waals surface area contributed by atoms with E-state index < -0.39 is 0 Å². The monoisotopic (exact) mass is 330 g/mol. The summed E-state index contributed by atoms with van der Waals surface area (Å²) < 4.78 is 0. The Morgan fingerprint density at radius 2 is 1.60 bits per heavy atom. The van der Waals surface area contributed by atoms with Gasteiger partial charge in [-0.1, -0.05) is 42.0 Å². The van der Waals surface area contributed by atoms with Crippen LogP contribution < -0.4 is 10.2 Å². The summed E-state index contributed by atoms with van der Waals surface area (Å²) in [6.07, 6.45) is -0.342. The van der Waals surface area contributed by atoms with E-state index in [9.17, 15) is 9.90 Å². The van der Waals surface area contributed by atoms with Gasteiger partial charge in [-0.2, -0.15) is 0 Å². The third-order valence-electron chi connectivity index (χ3n) is 4.45. The van der Waals surface area contributed by atoms with E-state index in [0.717, 1.165) is 22.5 Å². The van der Waals surface area contributed by atoms with Gasteiger partial charge in [-0.25, -0.2) is 0 Å². The second kappa shape index (κ2) is 5.98. The van der Waals surface area contributed by atoms with E-state index in [1.165, 1.54) is 0 Å². The van der Waals surface area contributed by atoms with Crippen LogP contribution in [0.4, 0.5) is 11.4 Å². The lowest BCUT2D eigenvalue weighted by Crippen LogP contribution is -2.43. The Hall–Kier alpha value is -3.27. The summed E-state index contributed by atoms with van der Waals surface area (Å²) in [5.74, 6) is 0.157. The first-order valence-electron chi connectivity index (χ1n) is 8.18. The highest BCUT2D eigenvalue weighted by Gasteiger charge is 2.33. The zero-order chi connectivity index (χ0) is 17.4. The van der Waals surface area contributed by atoms with Crippen LogP contribution in [-0.2, 0) is 0 Å². The predicted molar refractivity (Wildman–Crippen MR) is 98.9 cm³/mol. The number of aryl methyl sites for hydroxylation is 1. The van der Waals surface area contributed by atoms with Crippen LogP contribution in [0, 0.1) is 6.92 Å². The second-order valence-corrected chi connectivity index (χ2v) is 6.19. The molecule has 3 aromatic rings. The van der Waals surface area contributed by atoms with Crippen molar-refractivity contribution >= 4 is 17.3 Å². The van der Waals surface area contributed by atoms with Crippen LogP contribution in [0.5, 0.6) is 5.75 Å². The molecule has 4 heteroatoms. The number of amides is 1. The van der Waals surface area contributed by atoms with E-state index in [1.54, 1.807) is 17.0 Å². The van der Waals surface area contributed by atoms with E-state index in [1.807, 2.05) is 67.6 Å².